The molecule has 94 valence electrons. The molecule has 0 bridgehead atoms. The Morgan fingerprint density at radius 3 is 2.59 bits per heavy atom. The Kier molecular flexibility index (Phi) is 4.12. The fourth-order valence-electron chi connectivity index (χ4n) is 1.26. The van der Waals surface area contributed by atoms with Gasteiger partial charge < -0.3 is 15.8 Å². The number of ether oxygens (including phenoxy) is 1. The van der Waals surface area contributed by atoms with Crippen LogP contribution in [0.5, 0.6) is 0 Å². The number of carbonyl (C=O) groups excluding carboxylic acids is 1. The Hall–Kier alpha value is -1.55. The molecule has 1 aromatic carbocycles. The predicted octanol–water partition coefficient (Wildman–Crippen LogP) is 2.33. The number of hydrogen-bond acceptors (Lipinski definition) is 3. The number of amides is 1. The molecule has 0 heterocycles. The Bertz CT molecular complexity index is 408. The maximum Gasteiger partial charge on any atom is 0.250 e. The molecule has 0 atom stereocenters. The SMILES string of the molecule is Cc1ccc(NC(=O)COC(C)(C)C)c(N)c1. The summed E-state index contributed by atoms with van der Waals surface area (Å²) in [4.78, 5) is 11.6. The summed E-state index contributed by atoms with van der Waals surface area (Å²) in [5.41, 5.74) is 7.72. The minimum absolute atomic E-state index is 0.0246. The van der Waals surface area contributed by atoms with Crippen molar-refractivity contribution in [2.24, 2.45) is 0 Å². The smallest absolute Gasteiger partial charge is 0.250 e. The van der Waals surface area contributed by atoms with Crippen LogP contribution in [0, 0.1) is 6.92 Å². The van der Waals surface area contributed by atoms with Gasteiger partial charge in [-0.15, -0.1) is 0 Å². The molecule has 1 rings (SSSR count). The van der Waals surface area contributed by atoms with Crippen LogP contribution in [0.15, 0.2) is 18.2 Å². The van der Waals surface area contributed by atoms with Gasteiger partial charge in [0.2, 0.25) is 5.91 Å². The van der Waals surface area contributed by atoms with Gasteiger partial charge >= 0.3 is 0 Å². The van der Waals surface area contributed by atoms with Crippen LogP contribution in [0.2, 0.25) is 0 Å². The number of benzene rings is 1. The van der Waals surface area contributed by atoms with Crippen LogP contribution in [0.4, 0.5) is 11.4 Å². The number of anilines is 2. The quantitative estimate of drug-likeness (QED) is 0.792. The first-order valence-electron chi connectivity index (χ1n) is 5.58. The zero-order valence-electron chi connectivity index (χ0n) is 10.8. The van der Waals surface area contributed by atoms with Crippen LogP contribution in [0.1, 0.15) is 26.3 Å². The third kappa shape index (κ3) is 4.87. The molecule has 4 nitrogen and oxygen atoms in total. The molecule has 0 aliphatic rings. The first-order valence-corrected chi connectivity index (χ1v) is 5.58. The molecule has 0 spiro atoms. The zero-order valence-corrected chi connectivity index (χ0v) is 10.8. The second kappa shape index (κ2) is 5.19. The van der Waals surface area contributed by atoms with Crippen LogP contribution in [0.3, 0.4) is 0 Å². The van der Waals surface area contributed by atoms with Crippen molar-refractivity contribution in [2.75, 3.05) is 17.7 Å². The summed E-state index contributed by atoms with van der Waals surface area (Å²) in [5.74, 6) is -0.199. The van der Waals surface area contributed by atoms with Crippen molar-refractivity contribution in [3.8, 4) is 0 Å². The van der Waals surface area contributed by atoms with E-state index in [9.17, 15) is 4.79 Å². The van der Waals surface area contributed by atoms with Crippen LogP contribution in [-0.2, 0) is 9.53 Å². The summed E-state index contributed by atoms with van der Waals surface area (Å²) < 4.78 is 5.37. The molecule has 3 N–H and O–H groups in total. The summed E-state index contributed by atoms with van der Waals surface area (Å²) in [6.45, 7) is 7.68. The number of hydrogen-bond donors (Lipinski definition) is 2. The average molecular weight is 236 g/mol. The summed E-state index contributed by atoms with van der Waals surface area (Å²) in [6.07, 6.45) is 0. The lowest BCUT2D eigenvalue weighted by Crippen LogP contribution is -2.27. The number of aryl methyl sites for hydroxylation is 1. The number of nitrogen functional groups attached to an aromatic ring is 1. The van der Waals surface area contributed by atoms with E-state index >= 15 is 0 Å². The molecule has 1 amide bonds. The second-order valence-electron chi connectivity index (χ2n) is 5.04. The van der Waals surface area contributed by atoms with Crippen LogP contribution >= 0.6 is 0 Å². The Labute approximate surface area is 102 Å². The van der Waals surface area contributed by atoms with E-state index in [1.54, 1.807) is 6.07 Å². The largest absolute Gasteiger partial charge is 0.397 e. The van der Waals surface area contributed by atoms with E-state index in [0.29, 0.717) is 11.4 Å². The molecule has 0 radical (unpaired) electrons. The maximum absolute atomic E-state index is 11.6. The van der Waals surface area contributed by atoms with Crippen molar-refractivity contribution < 1.29 is 9.53 Å². The summed E-state index contributed by atoms with van der Waals surface area (Å²) in [6, 6.07) is 5.51. The Morgan fingerprint density at radius 2 is 2.06 bits per heavy atom. The molecule has 0 saturated heterocycles. The number of rotatable bonds is 3. The van der Waals surface area contributed by atoms with Crippen LogP contribution in [-0.4, -0.2) is 18.1 Å². The van der Waals surface area contributed by atoms with Crippen LogP contribution < -0.4 is 11.1 Å². The minimum Gasteiger partial charge on any atom is -0.397 e. The van der Waals surface area contributed by atoms with Crippen molar-refractivity contribution in [2.45, 2.75) is 33.3 Å². The van der Waals surface area contributed by atoms with E-state index in [1.807, 2.05) is 39.8 Å². The van der Waals surface area contributed by atoms with Crippen molar-refractivity contribution >= 4 is 17.3 Å². The number of nitrogens with two attached hydrogens (primary N) is 1. The van der Waals surface area contributed by atoms with Gasteiger partial charge in [0, 0.05) is 0 Å². The highest BCUT2D eigenvalue weighted by molar-refractivity contribution is 5.94. The van der Waals surface area contributed by atoms with E-state index < -0.39 is 0 Å². The monoisotopic (exact) mass is 236 g/mol. The summed E-state index contributed by atoms with van der Waals surface area (Å²) in [5, 5.41) is 2.72. The lowest BCUT2D eigenvalue weighted by molar-refractivity contribution is -0.125. The average Bonchev–Trinajstić information content (AvgIpc) is 2.18. The normalized spacial score (nSPS) is 11.3. The highest BCUT2D eigenvalue weighted by atomic mass is 16.5. The van der Waals surface area contributed by atoms with Gasteiger partial charge in [-0.1, -0.05) is 6.07 Å². The molecule has 0 aromatic heterocycles. The van der Waals surface area contributed by atoms with Gasteiger partial charge in [-0.25, -0.2) is 0 Å². The van der Waals surface area contributed by atoms with Gasteiger partial charge in [0.1, 0.15) is 6.61 Å². The third-order valence-corrected chi connectivity index (χ3v) is 2.12. The third-order valence-electron chi connectivity index (χ3n) is 2.12. The lowest BCUT2D eigenvalue weighted by atomic mass is 10.2. The van der Waals surface area contributed by atoms with Gasteiger partial charge in [0.25, 0.3) is 0 Å². The van der Waals surface area contributed by atoms with Gasteiger partial charge in [0.05, 0.1) is 17.0 Å². The van der Waals surface area contributed by atoms with Crippen molar-refractivity contribution in [1.29, 1.82) is 0 Å². The summed E-state index contributed by atoms with van der Waals surface area (Å²) >= 11 is 0. The zero-order chi connectivity index (χ0) is 13.1. The second-order valence-corrected chi connectivity index (χ2v) is 5.04. The molecular weight excluding hydrogens is 216 g/mol. The van der Waals surface area contributed by atoms with Gasteiger partial charge in [-0.3, -0.25) is 4.79 Å². The molecule has 0 saturated carbocycles. The van der Waals surface area contributed by atoms with Crippen LogP contribution in [0.25, 0.3) is 0 Å². The highest BCUT2D eigenvalue weighted by Crippen LogP contribution is 2.19. The van der Waals surface area contributed by atoms with E-state index in [1.165, 1.54) is 0 Å². The lowest BCUT2D eigenvalue weighted by Gasteiger charge is -2.19. The topological polar surface area (TPSA) is 64.3 Å². The van der Waals surface area contributed by atoms with E-state index in [-0.39, 0.29) is 18.1 Å². The van der Waals surface area contributed by atoms with E-state index in [2.05, 4.69) is 5.32 Å². The molecule has 17 heavy (non-hydrogen) atoms. The highest BCUT2D eigenvalue weighted by Gasteiger charge is 2.13. The number of carbonyl (C=O) groups is 1. The maximum atomic E-state index is 11.6. The molecule has 0 fully saturated rings. The molecular formula is C13H20N2O2. The van der Waals surface area contributed by atoms with Crippen molar-refractivity contribution in [3.05, 3.63) is 23.8 Å². The molecule has 0 unspecified atom stereocenters. The fourth-order valence-corrected chi connectivity index (χ4v) is 1.26. The fraction of sp³-hybridized carbons (Fsp3) is 0.462. The van der Waals surface area contributed by atoms with Crippen molar-refractivity contribution in [3.63, 3.8) is 0 Å². The standard InChI is InChI=1S/C13H20N2O2/c1-9-5-6-11(10(14)7-9)15-12(16)8-17-13(2,3)4/h5-7H,8,14H2,1-4H3,(H,15,16). The Balaban J connectivity index is 2.57. The molecule has 0 aliphatic carbocycles. The van der Waals surface area contributed by atoms with Gasteiger partial charge in [-0.2, -0.15) is 0 Å². The van der Waals surface area contributed by atoms with Gasteiger partial charge in [-0.05, 0) is 45.4 Å². The molecule has 1 aromatic rings. The first-order chi connectivity index (χ1) is 7.78. The van der Waals surface area contributed by atoms with E-state index in [0.717, 1.165) is 5.56 Å². The Morgan fingerprint density at radius 1 is 1.41 bits per heavy atom. The van der Waals surface area contributed by atoms with E-state index in [4.69, 9.17) is 10.5 Å². The predicted molar refractivity (Wildman–Crippen MR) is 69.9 cm³/mol. The minimum atomic E-state index is -0.323. The molecule has 0 aliphatic heterocycles. The molecule has 4 heteroatoms. The summed E-state index contributed by atoms with van der Waals surface area (Å²) in [7, 11) is 0. The van der Waals surface area contributed by atoms with Crippen molar-refractivity contribution in [1.82, 2.24) is 0 Å². The van der Waals surface area contributed by atoms with Gasteiger partial charge in [0.15, 0.2) is 0 Å². The first kappa shape index (κ1) is 13.5. The number of nitrogens with one attached hydrogen (secondary N) is 1.